The summed E-state index contributed by atoms with van der Waals surface area (Å²) in [7, 11) is 0. The Labute approximate surface area is 159 Å². The second kappa shape index (κ2) is 6.95. The van der Waals surface area contributed by atoms with Gasteiger partial charge < -0.3 is 10.1 Å². The van der Waals surface area contributed by atoms with Crippen molar-refractivity contribution in [2.75, 3.05) is 0 Å². The SMILES string of the molecule is CC(=O)Sc1c[nH]cc1C(=O)c1cc(C(C)(C)C)c(O)c(C(C)(C)C)c1. The summed E-state index contributed by atoms with van der Waals surface area (Å²) in [5.41, 5.74) is 1.85. The number of nitrogens with one attached hydrogen (secondary N) is 1. The number of hydrogen-bond donors (Lipinski definition) is 2. The Kier molecular flexibility index (Phi) is 5.43. The number of phenols is 1. The van der Waals surface area contributed by atoms with Crippen molar-refractivity contribution >= 4 is 22.7 Å². The first-order valence-corrected chi connectivity index (χ1v) is 9.42. The van der Waals surface area contributed by atoms with Gasteiger partial charge in [-0.15, -0.1) is 0 Å². The van der Waals surface area contributed by atoms with Crippen LogP contribution in [0.5, 0.6) is 5.75 Å². The first kappa shape index (κ1) is 20.3. The Morgan fingerprint density at radius 2 is 1.46 bits per heavy atom. The zero-order chi connectivity index (χ0) is 19.9. The monoisotopic (exact) mass is 373 g/mol. The van der Waals surface area contributed by atoms with Gasteiger partial charge in [-0.3, -0.25) is 9.59 Å². The predicted molar refractivity (Wildman–Crippen MR) is 106 cm³/mol. The third-order valence-corrected chi connectivity index (χ3v) is 5.04. The maximum Gasteiger partial charge on any atom is 0.195 e. The Morgan fingerprint density at radius 3 is 1.88 bits per heavy atom. The minimum Gasteiger partial charge on any atom is -0.507 e. The number of hydrogen-bond acceptors (Lipinski definition) is 4. The molecule has 2 aromatic rings. The van der Waals surface area contributed by atoms with Crippen molar-refractivity contribution in [1.29, 1.82) is 0 Å². The molecule has 4 nitrogen and oxygen atoms in total. The Hall–Kier alpha value is -2.01. The van der Waals surface area contributed by atoms with E-state index in [0.29, 0.717) is 16.0 Å². The second-order valence-corrected chi connectivity index (χ2v) is 9.79. The van der Waals surface area contributed by atoms with Gasteiger partial charge in [-0.1, -0.05) is 41.5 Å². The highest BCUT2D eigenvalue weighted by Gasteiger charge is 2.28. The molecule has 2 rings (SSSR count). The molecule has 0 radical (unpaired) electrons. The standard InChI is InChI=1S/C21H27NO3S/c1-12(23)26-17-11-22-10-14(17)18(24)13-8-15(20(2,3)4)19(25)16(9-13)21(5,6)7/h8-11,22,25H,1-7H3. The van der Waals surface area contributed by atoms with Gasteiger partial charge in [0.15, 0.2) is 10.9 Å². The Morgan fingerprint density at radius 1 is 0.962 bits per heavy atom. The van der Waals surface area contributed by atoms with Gasteiger partial charge in [0.05, 0.1) is 5.56 Å². The van der Waals surface area contributed by atoms with E-state index in [2.05, 4.69) is 4.98 Å². The van der Waals surface area contributed by atoms with Crippen LogP contribution >= 0.6 is 11.8 Å². The molecule has 1 heterocycles. The number of aromatic hydroxyl groups is 1. The van der Waals surface area contributed by atoms with Gasteiger partial charge in [-0.05, 0) is 34.7 Å². The number of benzene rings is 1. The van der Waals surface area contributed by atoms with Crippen LogP contribution in [0.15, 0.2) is 29.4 Å². The maximum atomic E-state index is 13.2. The lowest BCUT2D eigenvalue weighted by Gasteiger charge is -2.28. The number of H-pyrrole nitrogens is 1. The van der Waals surface area contributed by atoms with Gasteiger partial charge in [0.2, 0.25) is 0 Å². The van der Waals surface area contributed by atoms with Crippen molar-refractivity contribution in [3.63, 3.8) is 0 Å². The summed E-state index contributed by atoms with van der Waals surface area (Å²) in [6.07, 6.45) is 3.28. The molecule has 0 saturated carbocycles. The lowest BCUT2D eigenvalue weighted by atomic mass is 9.78. The third-order valence-electron chi connectivity index (χ3n) is 4.19. The van der Waals surface area contributed by atoms with Gasteiger partial charge in [0.1, 0.15) is 5.75 Å². The van der Waals surface area contributed by atoms with Gasteiger partial charge in [-0.2, -0.15) is 0 Å². The topological polar surface area (TPSA) is 70.2 Å². The van der Waals surface area contributed by atoms with Gasteiger partial charge in [0.25, 0.3) is 0 Å². The van der Waals surface area contributed by atoms with E-state index in [0.717, 1.165) is 22.9 Å². The molecule has 0 amide bonds. The van der Waals surface area contributed by atoms with Crippen molar-refractivity contribution in [1.82, 2.24) is 4.98 Å². The minimum absolute atomic E-state index is 0.0740. The number of carbonyl (C=O) groups is 2. The van der Waals surface area contributed by atoms with Crippen molar-refractivity contribution in [3.8, 4) is 5.75 Å². The van der Waals surface area contributed by atoms with Crippen LogP contribution < -0.4 is 0 Å². The molecule has 140 valence electrons. The molecule has 0 aliphatic heterocycles. The number of thioether (sulfide) groups is 1. The quantitative estimate of drug-likeness (QED) is 0.574. The summed E-state index contributed by atoms with van der Waals surface area (Å²) in [5.74, 6) is 0.0833. The molecule has 0 unspecified atom stereocenters. The van der Waals surface area contributed by atoms with Crippen LogP contribution in [-0.4, -0.2) is 21.0 Å². The van der Waals surface area contributed by atoms with Crippen molar-refractivity contribution in [3.05, 3.63) is 46.8 Å². The largest absolute Gasteiger partial charge is 0.507 e. The molecule has 0 atom stereocenters. The van der Waals surface area contributed by atoms with Crippen LogP contribution in [0.4, 0.5) is 0 Å². The minimum atomic E-state index is -0.310. The van der Waals surface area contributed by atoms with Gasteiger partial charge in [-0.25, -0.2) is 0 Å². The molecule has 5 heteroatoms. The van der Waals surface area contributed by atoms with E-state index in [1.54, 1.807) is 24.5 Å². The zero-order valence-electron chi connectivity index (χ0n) is 16.5. The van der Waals surface area contributed by atoms with E-state index in [1.165, 1.54) is 6.92 Å². The highest BCUT2D eigenvalue weighted by atomic mass is 32.2. The van der Waals surface area contributed by atoms with Crippen LogP contribution in [-0.2, 0) is 15.6 Å². The average molecular weight is 374 g/mol. The summed E-state index contributed by atoms with van der Waals surface area (Å²) in [5, 5.41) is 10.7. The summed E-state index contributed by atoms with van der Waals surface area (Å²) in [6.45, 7) is 13.5. The van der Waals surface area contributed by atoms with E-state index in [4.69, 9.17) is 0 Å². The molecular weight excluding hydrogens is 346 g/mol. The number of aromatic amines is 1. The third kappa shape index (κ3) is 4.21. The van der Waals surface area contributed by atoms with Crippen LogP contribution in [0, 0.1) is 0 Å². The molecule has 0 saturated heterocycles. The van der Waals surface area contributed by atoms with E-state index in [9.17, 15) is 14.7 Å². The summed E-state index contributed by atoms with van der Waals surface area (Å²) < 4.78 is 0. The predicted octanol–water partition coefficient (Wildman–Crippen LogP) is 5.18. The number of carbonyl (C=O) groups excluding carboxylic acids is 2. The fourth-order valence-electron chi connectivity index (χ4n) is 2.83. The molecule has 0 bridgehead atoms. The van der Waals surface area contributed by atoms with Crippen LogP contribution in [0.1, 0.15) is 75.5 Å². The number of aromatic nitrogens is 1. The molecule has 0 fully saturated rings. The second-order valence-electron chi connectivity index (χ2n) is 8.58. The molecule has 0 spiro atoms. The van der Waals surface area contributed by atoms with Crippen molar-refractivity contribution in [2.24, 2.45) is 0 Å². The molecule has 0 aliphatic rings. The number of rotatable bonds is 3. The zero-order valence-corrected chi connectivity index (χ0v) is 17.3. The lowest BCUT2D eigenvalue weighted by Crippen LogP contribution is -2.19. The highest BCUT2D eigenvalue weighted by Crippen LogP contribution is 2.40. The van der Waals surface area contributed by atoms with Gasteiger partial charge >= 0.3 is 0 Å². The highest BCUT2D eigenvalue weighted by molar-refractivity contribution is 8.13. The Bertz CT molecular complexity index is 816. The van der Waals surface area contributed by atoms with E-state index >= 15 is 0 Å². The van der Waals surface area contributed by atoms with E-state index < -0.39 is 0 Å². The summed E-state index contributed by atoms with van der Waals surface area (Å²) in [4.78, 5) is 28.1. The molecule has 2 N–H and O–H groups in total. The van der Waals surface area contributed by atoms with Crippen molar-refractivity contribution < 1.29 is 14.7 Å². The van der Waals surface area contributed by atoms with Gasteiger partial charge in [0, 0.05) is 40.9 Å². The maximum absolute atomic E-state index is 13.2. The molecule has 1 aromatic heterocycles. The van der Waals surface area contributed by atoms with Crippen LogP contribution in [0.3, 0.4) is 0 Å². The van der Waals surface area contributed by atoms with E-state index in [1.807, 2.05) is 41.5 Å². The number of phenolic OH excluding ortho intramolecular Hbond substituents is 1. The molecule has 26 heavy (non-hydrogen) atoms. The summed E-state index contributed by atoms with van der Waals surface area (Å²) >= 11 is 1.04. The normalized spacial score (nSPS) is 12.3. The number of ketones is 1. The first-order valence-electron chi connectivity index (χ1n) is 8.60. The first-order chi connectivity index (χ1) is 11.8. The molecule has 0 aliphatic carbocycles. The molecule has 1 aromatic carbocycles. The lowest BCUT2D eigenvalue weighted by molar-refractivity contribution is -0.109. The van der Waals surface area contributed by atoms with E-state index in [-0.39, 0.29) is 27.5 Å². The molecular formula is C21H27NO3S. The fourth-order valence-corrected chi connectivity index (χ4v) is 3.53. The average Bonchev–Trinajstić information content (AvgIpc) is 2.91. The van der Waals surface area contributed by atoms with Crippen molar-refractivity contribution in [2.45, 2.75) is 64.2 Å². The van der Waals surface area contributed by atoms with Crippen LogP contribution in [0.25, 0.3) is 0 Å². The fraction of sp³-hybridized carbons (Fsp3) is 0.429. The Balaban J connectivity index is 2.65. The smallest absolute Gasteiger partial charge is 0.195 e. The van der Waals surface area contributed by atoms with Crippen LogP contribution in [0.2, 0.25) is 0 Å². The summed E-state index contributed by atoms with van der Waals surface area (Å²) in [6, 6.07) is 3.53.